The number of rotatable bonds is 6. The topological polar surface area (TPSA) is 92.9 Å². The number of nitrogen functional groups attached to an aromatic ring is 1. The minimum absolute atomic E-state index is 0.0841. The Balaban J connectivity index is 1.74. The molecule has 0 aliphatic rings. The van der Waals surface area contributed by atoms with Crippen LogP contribution in [-0.4, -0.2) is 22.9 Å². The lowest BCUT2D eigenvalue weighted by Gasteiger charge is -2.09. The lowest BCUT2D eigenvalue weighted by molar-refractivity contribution is 0.0959. The lowest BCUT2D eigenvalue weighted by Crippen LogP contribution is -2.21. The van der Waals surface area contributed by atoms with Gasteiger partial charge in [0.2, 0.25) is 0 Å². The Kier molecular flexibility index (Phi) is 5.73. The maximum atomic E-state index is 13.7. The molecule has 2 aromatic carbocycles. The number of hydrogen-bond donors (Lipinski definition) is 3. The average molecular weight is 365 g/mol. The molecule has 1 amide bonds. The lowest BCUT2D eigenvalue weighted by atomic mass is 10.1. The molecule has 1 aromatic heterocycles. The van der Waals surface area contributed by atoms with Gasteiger partial charge >= 0.3 is 0 Å². The van der Waals surface area contributed by atoms with Crippen molar-refractivity contribution in [3.05, 3.63) is 77.4 Å². The minimum Gasteiger partial charge on any atom is -0.382 e. The van der Waals surface area contributed by atoms with Crippen molar-refractivity contribution in [2.24, 2.45) is 0 Å². The van der Waals surface area contributed by atoms with Crippen LogP contribution >= 0.6 is 0 Å². The van der Waals surface area contributed by atoms with Gasteiger partial charge in [0.05, 0.1) is 11.9 Å². The molecule has 0 aliphatic heterocycles. The third-order valence-corrected chi connectivity index (χ3v) is 4.07. The molecule has 3 aromatic rings. The molecule has 0 saturated carbocycles. The summed E-state index contributed by atoms with van der Waals surface area (Å²) in [6.45, 7) is 0.992. The summed E-state index contributed by atoms with van der Waals surface area (Å²) in [5, 5.41) is 5.72. The van der Waals surface area contributed by atoms with Gasteiger partial charge in [-0.05, 0) is 17.7 Å². The van der Waals surface area contributed by atoms with Crippen LogP contribution < -0.4 is 16.4 Å². The minimum atomic E-state index is -0.385. The molecule has 0 saturated heterocycles. The molecular formula is C20H20FN5O. The summed E-state index contributed by atoms with van der Waals surface area (Å²) in [6, 6.07) is 14.4. The number of amides is 1. The number of carbonyl (C=O) groups excluding carboxylic acids is 1. The number of nitrogens with two attached hydrogens (primary N) is 1. The first-order valence-corrected chi connectivity index (χ1v) is 8.46. The maximum absolute atomic E-state index is 13.7. The molecule has 0 spiro atoms. The Morgan fingerprint density at radius 2 is 1.96 bits per heavy atom. The number of anilines is 1. The zero-order chi connectivity index (χ0) is 19.2. The van der Waals surface area contributed by atoms with Crippen molar-refractivity contribution in [2.75, 3.05) is 12.8 Å². The normalized spacial score (nSPS) is 10.6. The Hall–Kier alpha value is -3.32. The fourth-order valence-electron chi connectivity index (χ4n) is 2.65. The van der Waals surface area contributed by atoms with Crippen LogP contribution in [0.3, 0.4) is 0 Å². The van der Waals surface area contributed by atoms with E-state index in [0.29, 0.717) is 24.3 Å². The van der Waals surface area contributed by atoms with Crippen LogP contribution in [0.4, 0.5) is 10.2 Å². The fourth-order valence-corrected chi connectivity index (χ4v) is 2.65. The van der Waals surface area contributed by atoms with E-state index in [9.17, 15) is 9.18 Å². The number of nitrogens with one attached hydrogen (secondary N) is 2. The number of benzene rings is 2. The second-order valence-electron chi connectivity index (χ2n) is 5.96. The number of nitrogens with zero attached hydrogens (tertiary/aromatic N) is 2. The van der Waals surface area contributed by atoms with Gasteiger partial charge in [0, 0.05) is 31.3 Å². The summed E-state index contributed by atoms with van der Waals surface area (Å²) in [6.07, 6.45) is 1.54. The molecule has 3 rings (SSSR count). The van der Waals surface area contributed by atoms with E-state index in [4.69, 9.17) is 5.73 Å². The van der Waals surface area contributed by atoms with Gasteiger partial charge in [0.25, 0.3) is 5.91 Å². The molecule has 0 aliphatic carbocycles. The van der Waals surface area contributed by atoms with E-state index in [0.717, 1.165) is 11.1 Å². The smallest absolute Gasteiger partial charge is 0.273 e. The van der Waals surface area contributed by atoms with Crippen LogP contribution in [0.2, 0.25) is 0 Å². The Labute approximate surface area is 156 Å². The van der Waals surface area contributed by atoms with Gasteiger partial charge < -0.3 is 16.4 Å². The first-order valence-electron chi connectivity index (χ1n) is 8.46. The first-order chi connectivity index (χ1) is 13.1. The first kappa shape index (κ1) is 18.5. The quantitative estimate of drug-likeness (QED) is 0.624. The second kappa shape index (κ2) is 8.37. The Bertz CT molecular complexity index is 961. The fraction of sp³-hybridized carbons (Fsp3) is 0.150. The summed E-state index contributed by atoms with van der Waals surface area (Å²) in [4.78, 5) is 20.2. The maximum Gasteiger partial charge on any atom is 0.273 e. The number of carbonyl (C=O) groups is 1. The van der Waals surface area contributed by atoms with Crippen LogP contribution in [0.25, 0.3) is 11.3 Å². The molecule has 7 heteroatoms. The van der Waals surface area contributed by atoms with Crippen molar-refractivity contribution in [2.45, 2.75) is 13.1 Å². The molecule has 0 atom stereocenters. The van der Waals surface area contributed by atoms with Crippen molar-refractivity contribution in [3.8, 4) is 11.3 Å². The average Bonchev–Trinajstić information content (AvgIpc) is 2.69. The van der Waals surface area contributed by atoms with Gasteiger partial charge in [-0.1, -0.05) is 36.4 Å². The van der Waals surface area contributed by atoms with Crippen LogP contribution in [0.1, 0.15) is 21.6 Å². The zero-order valence-electron chi connectivity index (χ0n) is 14.9. The van der Waals surface area contributed by atoms with Gasteiger partial charge in [-0.2, -0.15) is 0 Å². The second-order valence-corrected chi connectivity index (χ2v) is 5.96. The van der Waals surface area contributed by atoms with Crippen molar-refractivity contribution in [3.63, 3.8) is 0 Å². The number of hydrogen-bond acceptors (Lipinski definition) is 5. The molecule has 0 fully saturated rings. The largest absolute Gasteiger partial charge is 0.382 e. The molecule has 27 heavy (non-hydrogen) atoms. The molecule has 138 valence electrons. The predicted octanol–water partition coefficient (Wildman–Crippen LogP) is 2.51. The third kappa shape index (κ3) is 4.45. The van der Waals surface area contributed by atoms with Crippen molar-refractivity contribution in [1.82, 2.24) is 20.6 Å². The van der Waals surface area contributed by atoms with E-state index in [1.807, 2.05) is 30.3 Å². The van der Waals surface area contributed by atoms with Gasteiger partial charge in [0.15, 0.2) is 11.5 Å². The molecule has 4 N–H and O–H groups in total. The SMILES string of the molecule is CNC(=O)c1nc(-c2cccc(CNCc3ccccc3F)c2)cnc1N. The highest BCUT2D eigenvalue weighted by molar-refractivity contribution is 5.96. The van der Waals surface area contributed by atoms with Crippen molar-refractivity contribution < 1.29 is 9.18 Å². The highest BCUT2D eigenvalue weighted by Gasteiger charge is 2.13. The summed E-state index contributed by atoms with van der Waals surface area (Å²) in [7, 11) is 1.51. The molecule has 1 heterocycles. The summed E-state index contributed by atoms with van der Waals surface area (Å²) in [5.41, 5.74) is 8.82. The van der Waals surface area contributed by atoms with E-state index in [1.165, 1.54) is 19.3 Å². The van der Waals surface area contributed by atoms with Crippen LogP contribution in [0, 0.1) is 5.82 Å². The van der Waals surface area contributed by atoms with Crippen molar-refractivity contribution in [1.29, 1.82) is 0 Å². The van der Waals surface area contributed by atoms with Crippen LogP contribution in [0.5, 0.6) is 0 Å². The van der Waals surface area contributed by atoms with Crippen molar-refractivity contribution >= 4 is 11.7 Å². The standard InChI is InChI=1S/C20H20FN5O/c1-23-20(27)18-19(22)25-12-17(26-18)14-7-4-5-13(9-14)10-24-11-15-6-2-3-8-16(15)21/h2-9,12,24H,10-11H2,1H3,(H2,22,25)(H,23,27). The van der Waals surface area contributed by atoms with Crippen LogP contribution in [0.15, 0.2) is 54.7 Å². The molecule has 0 bridgehead atoms. The van der Waals surface area contributed by atoms with Gasteiger partial charge in [-0.15, -0.1) is 0 Å². The monoisotopic (exact) mass is 365 g/mol. The molecule has 0 unspecified atom stereocenters. The predicted molar refractivity (Wildman–Crippen MR) is 102 cm³/mol. The summed E-state index contributed by atoms with van der Waals surface area (Å²) in [5.74, 6) is -0.525. The van der Waals surface area contributed by atoms with E-state index in [2.05, 4.69) is 20.6 Å². The van der Waals surface area contributed by atoms with E-state index >= 15 is 0 Å². The highest BCUT2D eigenvalue weighted by Crippen LogP contribution is 2.20. The summed E-state index contributed by atoms with van der Waals surface area (Å²) >= 11 is 0. The third-order valence-electron chi connectivity index (χ3n) is 4.07. The van der Waals surface area contributed by atoms with E-state index < -0.39 is 0 Å². The highest BCUT2D eigenvalue weighted by atomic mass is 19.1. The van der Waals surface area contributed by atoms with Crippen LogP contribution in [-0.2, 0) is 13.1 Å². The van der Waals surface area contributed by atoms with E-state index in [-0.39, 0.29) is 23.2 Å². The molecular weight excluding hydrogens is 345 g/mol. The van der Waals surface area contributed by atoms with Gasteiger partial charge in [-0.25, -0.2) is 14.4 Å². The number of halogens is 1. The van der Waals surface area contributed by atoms with Gasteiger partial charge in [-0.3, -0.25) is 4.79 Å². The number of aromatic nitrogens is 2. The molecule has 0 radical (unpaired) electrons. The zero-order valence-corrected chi connectivity index (χ0v) is 14.9. The Morgan fingerprint density at radius 1 is 1.15 bits per heavy atom. The summed E-state index contributed by atoms with van der Waals surface area (Å²) < 4.78 is 13.7. The van der Waals surface area contributed by atoms with Gasteiger partial charge in [0.1, 0.15) is 5.82 Å². The Morgan fingerprint density at radius 3 is 2.74 bits per heavy atom. The molecule has 6 nitrogen and oxygen atoms in total. The van der Waals surface area contributed by atoms with E-state index in [1.54, 1.807) is 12.1 Å².